The Labute approximate surface area is 123 Å². The number of rotatable bonds is 3. The van der Waals surface area contributed by atoms with Crippen molar-refractivity contribution in [1.82, 2.24) is 24.6 Å². The molecule has 1 atom stereocenters. The molecule has 7 heteroatoms. The molecule has 21 heavy (non-hydrogen) atoms. The number of amides is 1. The molecule has 0 aromatic carbocycles. The van der Waals surface area contributed by atoms with E-state index in [0.717, 1.165) is 11.4 Å². The predicted molar refractivity (Wildman–Crippen MR) is 78.1 cm³/mol. The minimum absolute atomic E-state index is 0.234. The summed E-state index contributed by atoms with van der Waals surface area (Å²) in [5.74, 6) is 0. The van der Waals surface area contributed by atoms with Gasteiger partial charge in [0, 0.05) is 13.2 Å². The second-order valence-corrected chi connectivity index (χ2v) is 5.93. The molecule has 0 bridgehead atoms. The molecular weight excluding hydrogens is 270 g/mol. The van der Waals surface area contributed by atoms with Gasteiger partial charge >= 0.3 is 6.09 Å². The van der Waals surface area contributed by atoms with Gasteiger partial charge < -0.3 is 10.1 Å². The fourth-order valence-corrected chi connectivity index (χ4v) is 1.93. The molecule has 0 radical (unpaired) electrons. The lowest BCUT2D eigenvalue weighted by Gasteiger charge is -2.22. The van der Waals surface area contributed by atoms with Crippen molar-refractivity contribution in [2.24, 2.45) is 7.05 Å². The van der Waals surface area contributed by atoms with Crippen LogP contribution in [0.3, 0.4) is 0 Å². The molecule has 2 aromatic rings. The summed E-state index contributed by atoms with van der Waals surface area (Å²) in [7, 11) is 1.85. The highest BCUT2D eigenvalue weighted by molar-refractivity contribution is 5.68. The SMILES string of the molecule is CC(NC(=O)OC(C)(C)C)c1cncn1-c1cnn(C)c1. The smallest absolute Gasteiger partial charge is 0.408 e. The van der Waals surface area contributed by atoms with Crippen LogP contribution in [0.5, 0.6) is 0 Å². The van der Waals surface area contributed by atoms with E-state index >= 15 is 0 Å². The minimum atomic E-state index is -0.520. The third-order valence-electron chi connectivity index (χ3n) is 2.81. The average molecular weight is 291 g/mol. The third kappa shape index (κ3) is 3.84. The Morgan fingerprint density at radius 1 is 1.38 bits per heavy atom. The summed E-state index contributed by atoms with van der Waals surface area (Å²) < 4.78 is 8.86. The molecule has 7 nitrogen and oxygen atoms in total. The zero-order valence-electron chi connectivity index (χ0n) is 13.0. The highest BCUT2D eigenvalue weighted by atomic mass is 16.6. The quantitative estimate of drug-likeness (QED) is 0.940. The van der Waals surface area contributed by atoms with Crippen molar-refractivity contribution in [3.63, 3.8) is 0 Å². The molecule has 0 aliphatic carbocycles. The van der Waals surface area contributed by atoms with Crippen LogP contribution in [0.25, 0.3) is 5.69 Å². The first-order valence-corrected chi connectivity index (χ1v) is 6.77. The lowest BCUT2D eigenvalue weighted by molar-refractivity contribution is 0.0506. The molecular formula is C14H21N5O2. The van der Waals surface area contributed by atoms with Gasteiger partial charge in [-0.15, -0.1) is 0 Å². The van der Waals surface area contributed by atoms with Crippen LogP contribution in [0.4, 0.5) is 4.79 Å². The number of nitrogens with one attached hydrogen (secondary N) is 1. The van der Waals surface area contributed by atoms with Crippen LogP contribution in [0, 0.1) is 0 Å². The Kier molecular flexibility index (Phi) is 4.02. The first-order chi connectivity index (χ1) is 9.76. The molecule has 114 valence electrons. The first kappa shape index (κ1) is 15.1. The number of carbonyl (C=O) groups is 1. The van der Waals surface area contributed by atoms with Crippen LogP contribution >= 0.6 is 0 Å². The minimum Gasteiger partial charge on any atom is -0.444 e. The van der Waals surface area contributed by atoms with Gasteiger partial charge in [-0.1, -0.05) is 0 Å². The van der Waals surface area contributed by atoms with Crippen LogP contribution in [0.2, 0.25) is 0 Å². The van der Waals surface area contributed by atoms with Crippen molar-refractivity contribution in [2.75, 3.05) is 0 Å². The van der Waals surface area contributed by atoms with Crippen molar-refractivity contribution in [3.8, 4) is 5.69 Å². The molecule has 0 spiro atoms. The number of hydrogen-bond donors (Lipinski definition) is 1. The Morgan fingerprint density at radius 3 is 2.67 bits per heavy atom. The fraction of sp³-hybridized carbons (Fsp3) is 0.500. The number of nitrogens with zero attached hydrogens (tertiary/aromatic N) is 4. The molecule has 0 saturated heterocycles. The molecule has 1 amide bonds. The predicted octanol–water partition coefficient (Wildman–Crippen LogP) is 2.19. The van der Waals surface area contributed by atoms with Crippen LogP contribution < -0.4 is 5.32 Å². The zero-order valence-corrected chi connectivity index (χ0v) is 13.0. The van der Waals surface area contributed by atoms with E-state index in [1.165, 1.54) is 0 Å². The summed E-state index contributed by atoms with van der Waals surface area (Å²) in [4.78, 5) is 16.0. The van der Waals surface area contributed by atoms with Gasteiger partial charge in [-0.2, -0.15) is 5.10 Å². The van der Waals surface area contributed by atoms with Gasteiger partial charge in [-0.05, 0) is 27.7 Å². The van der Waals surface area contributed by atoms with E-state index in [-0.39, 0.29) is 6.04 Å². The Morgan fingerprint density at radius 2 is 2.10 bits per heavy atom. The van der Waals surface area contributed by atoms with Crippen LogP contribution in [-0.2, 0) is 11.8 Å². The maximum Gasteiger partial charge on any atom is 0.408 e. The van der Waals surface area contributed by atoms with E-state index in [4.69, 9.17) is 4.74 Å². The zero-order chi connectivity index (χ0) is 15.6. The lowest BCUT2D eigenvalue weighted by Crippen LogP contribution is -2.34. The molecule has 0 aliphatic heterocycles. The van der Waals surface area contributed by atoms with Crippen molar-refractivity contribution in [3.05, 3.63) is 30.6 Å². The van der Waals surface area contributed by atoms with Crippen LogP contribution in [0.15, 0.2) is 24.9 Å². The van der Waals surface area contributed by atoms with Gasteiger partial charge in [-0.25, -0.2) is 9.78 Å². The standard InChI is InChI=1S/C14H21N5O2/c1-10(17-13(20)21-14(2,3)4)12-7-15-9-19(12)11-6-16-18(5)8-11/h6-10H,1-5H3,(H,17,20). The van der Waals surface area contributed by atoms with E-state index < -0.39 is 11.7 Å². The maximum absolute atomic E-state index is 11.8. The Hall–Kier alpha value is -2.31. The van der Waals surface area contributed by atoms with Gasteiger partial charge in [0.05, 0.1) is 36.1 Å². The van der Waals surface area contributed by atoms with Crippen molar-refractivity contribution in [1.29, 1.82) is 0 Å². The maximum atomic E-state index is 11.8. The summed E-state index contributed by atoms with van der Waals surface area (Å²) in [5.41, 5.74) is 1.23. The largest absolute Gasteiger partial charge is 0.444 e. The van der Waals surface area contributed by atoms with Gasteiger partial charge in [0.2, 0.25) is 0 Å². The van der Waals surface area contributed by atoms with Gasteiger partial charge in [0.15, 0.2) is 0 Å². The number of hydrogen-bond acceptors (Lipinski definition) is 4. The lowest BCUT2D eigenvalue weighted by atomic mass is 10.2. The van der Waals surface area contributed by atoms with Gasteiger partial charge in [-0.3, -0.25) is 9.25 Å². The average Bonchev–Trinajstić information content (AvgIpc) is 2.93. The second kappa shape index (κ2) is 5.59. The topological polar surface area (TPSA) is 74.0 Å². The second-order valence-electron chi connectivity index (χ2n) is 5.93. The van der Waals surface area contributed by atoms with E-state index in [0.29, 0.717) is 0 Å². The fourth-order valence-electron chi connectivity index (χ4n) is 1.93. The number of carbonyl (C=O) groups excluding carboxylic acids is 1. The van der Waals surface area contributed by atoms with E-state index in [2.05, 4.69) is 15.4 Å². The van der Waals surface area contributed by atoms with Crippen LogP contribution in [-0.4, -0.2) is 31.0 Å². The molecule has 0 aliphatic rings. The third-order valence-corrected chi connectivity index (χ3v) is 2.81. The number of aryl methyl sites for hydroxylation is 1. The van der Waals surface area contributed by atoms with Crippen LogP contribution in [0.1, 0.15) is 39.4 Å². The Bertz CT molecular complexity index is 623. The van der Waals surface area contributed by atoms with Gasteiger partial charge in [0.1, 0.15) is 5.60 Å². The molecule has 2 aromatic heterocycles. The highest BCUT2D eigenvalue weighted by Crippen LogP contribution is 2.17. The summed E-state index contributed by atoms with van der Waals surface area (Å²) in [6.07, 6.45) is 6.58. The summed E-state index contributed by atoms with van der Waals surface area (Å²) in [6.45, 7) is 7.37. The molecule has 2 heterocycles. The van der Waals surface area contributed by atoms with E-state index in [1.54, 1.807) is 23.4 Å². The highest BCUT2D eigenvalue weighted by Gasteiger charge is 2.20. The van der Waals surface area contributed by atoms with Gasteiger partial charge in [0.25, 0.3) is 0 Å². The first-order valence-electron chi connectivity index (χ1n) is 6.77. The monoisotopic (exact) mass is 291 g/mol. The van der Waals surface area contributed by atoms with Crippen molar-refractivity contribution >= 4 is 6.09 Å². The molecule has 1 unspecified atom stereocenters. The van der Waals surface area contributed by atoms with Crippen molar-refractivity contribution < 1.29 is 9.53 Å². The summed E-state index contributed by atoms with van der Waals surface area (Å²) in [6, 6.07) is -0.234. The molecule has 0 fully saturated rings. The molecule has 1 N–H and O–H groups in total. The number of alkyl carbamates (subject to hydrolysis) is 1. The Balaban J connectivity index is 2.12. The van der Waals surface area contributed by atoms with Crippen molar-refractivity contribution in [2.45, 2.75) is 39.3 Å². The number of ether oxygens (including phenoxy) is 1. The summed E-state index contributed by atoms with van der Waals surface area (Å²) >= 11 is 0. The normalized spacial score (nSPS) is 13.0. The molecule has 0 saturated carbocycles. The number of imidazole rings is 1. The van der Waals surface area contributed by atoms with E-state index in [9.17, 15) is 4.79 Å². The number of aromatic nitrogens is 4. The molecule has 2 rings (SSSR count). The van der Waals surface area contributed by atoms with E-state index in [1.807, 2.05) is 45.5 Å². The summed E-state index contributed by atoms with van der Waals surface area (Å²) in [5, 5.41) is 6.95.